The first-order chi connectivity index (χ1) is 10.7. The lowest BCUT2D eigenvalue weighted by Crippen LogP contribution is -2.39. The van der Waals surface area contributed by atoms with Crippen LogP contribution in [-0.2, 0) is 24.3 Å². The van der Waals surface area contributed by atoms with E-state index >= 15 is 0 Å². The van der Waals surface area contributed by atoms with Crippen LogP contribution in [0.2, 0.25) is 5.02 Å². The second-order valence-electron chi connectivity index (χ2n) is 5.16. The molecule has 2 aromatic rings. The number of hydrogen-bond donors (Lipinski definition) is 1. The minimum absolute atomic E-state index is 0.0986. The Balaban J connectivity index is 1.57. The van der Waals surface area contributed by atoms with E-state index in [9.17, 15) is 4.79 Å². The summed E-state index contributed by atoms with van der Waals surface area (Å²) in [5, 5.41) is 11.7. The molecule has 7 nitrogen and oxygen atoms in total. The number of pyridine rings is 1. The highest BCUT2D eigenvalue weighted by atomic mass is 35.5. The zero-order valence-corrected chi connectivity index (χ0v) is 13.0. The van der Waals surface area contributed by atoms with Gasteiger partial charge in [-0.2, -0.15) is 0 Å². The van der Waals surface area contributed by atoms with E-state index in [1.807, 2.05) is 0 Å². The average molecular weight is 321 g/mol. The number of aromatic nitrogens is 4. The van der Waals surface area contributed by atoms with E-state index in [0.717, 1.165) is 31.2 Å². The predicted molar refractivity (Wildman–Crippen MR) is 82.6 cm³/mol. The Morgan fingerprint density at radius 2 is 2.23 bits per heavy atom. The molecule has 1 aliphatic rings. The molecule has 0 fully saturated rings. The van der Waals surface area contributed by atoms with Crippen LogP contribution in [0, 0.1) is 0 Å². The Bertz CT molecular complexity index is 668. The van der Waals surface area contributed by atoms with Crippen molar-refractivity contribution in [3.05, 3.63) is 35.0 Å². The molecular weight excluding hydrogens is 304 g/mol. The van der Waals surface area contributed by atoms with Gasteiger partial charge >= 0.3 is 0 Å². The number of anilines is 1. The van der Waals surface area contributed by atoms with E-state index in [1.54, 1.807) is 12.1 Å². The number of fused-ring (bicyclic) bond motifs is 1. The van der Waals surface area contributed by atoms with Gasteiger partial charge in [-0.05, 0) is 12.1 Å². The average Bonchev–Trinajstić information content (AvgIpc) is 2.92. The van der Waals surface area contributed by atoms with Crippen LogP contribution in [-0.4, -0.2) is 43.6 Å². The topological polar surface area (TPSA) is 75.9 Å². The summed E-state index contributed by atoms with van der Waals surface area (Å²) in [6.07, 6.45) is 2.38. The summed E-state index contributed by atoms with van der Waals surface area (Å²) in [6.45, 7) is 4.63. The second kappa shape index (κ2) is 6.41. The van der Waals surface area contributed by atoms with E-state index in [2.05, 4.69) is 36.9 Å². The fourth-order valence-electron chi connectivity index (χ4n) is 2.50. The second-order valence-corrected chi connectivity index (χ2v) is 5.59. The van der Waals surface area contributed by atoms with Crippen LogP contribution in [0.5, 0.6) is 0 Å². The molecule has 0 bridgehead atoms. The van der Waals surface area contributed by atoms with Gasteiger partial charge < -0.3 is 9.88 Å². The quantitative estimate of drug-likeness (QED) is 0.920. The van der Waals surface area contributed by atoms with Gasteiger partial charge in [0.15, 0.2) is 0 Å². The summed E-state index contributed by atoms with van der Waals surface area (Å²) in [6, 6.07) is 3.38. The molecule has 0 unspecified atom stereocenters. The first-order valence-corrected chi connectivity index (χ1v) is 7.58. The number of aryl methyl sites for hydroxylation is 1. The molecule has 0 aromatic carbocycles. The molecule has 3 heterocycles. The summed E-state index contributed by atoms with van der Waals surface area (Å²) in [5.41, 5.74) is 0. The minimum Gasteiger partial charge on any atom is -0.313 e. The number of carbonyl (C=O) groups excluding carboxylic acids is 1. The first kappa shape index (κ1) is 14.9. The zero-order valence-electron chi connectivity index (χ0n) is 12.3. The molecule has 1 amide bonds. The van der Waals surface area contributed by atoms with Gasteiger partial charge in [0.2, 0.25) is 5.91 Å². The fraction of sp³-hybridized carbons (Fsp3) is 0.429. The number of nitrogens with one attached hydrogen (secondary N) is 1. The van der Waals surface area contributed by atoms with E-state index in [1.165, 1.54) is 6.20 Å². The van der Waals surface area contributed by atoms with Crippen LogP contribution in [0.1, 0.15) is 18.6 Å². The maximum absolute atomic E-state index is 12.1. The lowest BCUT2D eigenvalue weighted by Gasteiger charge is -2.26. The Morgan fingerprint density at radius 3 is 2.95 bits per heavy atom. The van der Waals surface area contributed by atoms with Crippen molar-refractivity contribution in [2.75, 3.05) is 18.4 Å². The normalized spacial score (nSPS) is 14.6. The number of halogens is 1. The first-order valence-electron chi connectivity index (χ1n) is 7.20. The van der Waals surface area contributed by atoms with Crippen molar-refractivity contribution in [3.63, 3.8) is 0 Å². The number of amides is 1. The predicted octanol–water partition coefficient (Wildman–Crippen LogP) is 1.34. The standard InChI is InChI=1S/C14H17ClN6O/c1-2-12-18-19-13-8-20(5-6-21(12)13)9-14(22)17-11-4-3-10(15)7-16-11/h3-4,7H,2,5-6,8-9H2,1H3,(H,16,17,22). The third-order valence-corrected chi connectivity index (χ3v) is 3.81. The van der Waals surface area contributed by atoms with Gasteiger partial charge in [0.1, 0.15) is 17.5 Å². The molecule has 8 heteroatoms. The molecule has 0 atom stereocenters. The molecule has 1 N–H and O–H groups in total. The van der Waals surface area contributed by atoms with Crippen molar-refractivity contribution in [2.24, 2.45) is 0 Å². The van der Waals surface area contributed by atoms with Gasteiger partial charge in [0.05, 0.1) is 18.1 Å². The molecule has 1 aliphatic heterocycles. The Morgan fingerprint density at radius 1 is 1.36 bits per heavy atom. The number of nitrogens with zero attached hydrogens (tertiary/aromatic N) is 5. The molecule has 3 rings (SSSR count). The van der Waals surface area contributed by atoms with Gasteiger partial charge in [-0.1, -0.05) is 18.5 Å². The fourth-order valence-corrected chi connectivity index (χ4v) is 2.61. The van der Waals surface area contributed by atoms with E-state index in [-0.39, 0.29) is 5.91 Å². The molecule has 0 radical (unpaired) electrons. The maximum Gasteiger partial charge on any atom is 0.239 e. The van der Waals surface area contributed by atoms with Crippen molar-refractivity contribution in [1.29, 1.82) is 0 Å². The summed E-state index contributed by atoms with van der Waals surface area (Å²) >= 11 is 5.77. The molecule has 0 saturated heterocycles. The lowest BCUT2D eigenvalue weighted by atomic mass is 10.3. The minimum atomic E-state index is -0.0986. The van der Waals surface area contributed by atoms with Crippen molar-refractivity contribution in [3.8, 4) is 0 Å². The van der Waals surface area contributed by atoms with Gasteiger partial charge in [0.25, 0.3) is 0 Å². The highest BCUT2D eigenvalue weighted by Crippen LogP contribution is 2.13. The smallest absolute Gasteiger partial charge is 0.239 e. The maximum atomic E-state index is 12.1. The van der Waals surface area contributed by atoms with E-state index < -0.39 is 0 Å². The Labute approximate surface area is 133 Å². The zero-order chi connectivity index (χ0) is 15.5. The van der Waals surface area contributed by atoms with Crippen molar-refractivity contribution in [2.45, 2.75) is 26.4 Å². The molecule has 0 saturated carbocycles. The summed E-state index contributed by atoms with van der Waals surface area (Å²) < 4.78 is 2.13. The SMILES string of the molecule is CCc1nnc2n1CCN(CC(=O)Nc1ccc(Cl)cn1)C2. The molecular formula is C14H17ClN6O. The van der Waals surface area contributed by atoms with Crippen LogP contribution in [0.4, 0.5) is 5.82 Å². The molecule has 22 heavy (non-hydrogen) atoms. The van der Waals surface area contributed by atoms with Crippen molar-refractivity contribution < 1.29 is 4.79 Å². The highest BCUT2D eigenvalue weighted by Gasteiger charge is 2.22. The van der Waals surface area contributed by atoms with Crippen LogP contribution < -0.4 is 5.32 Å². The van der Waals surface area contributed by atoms with Gasteiger partial charge in [0, 0.05) is 25.7 Å². The van der Waals surface area contributed by atoms with Crippen molar-refractivity contribution >= 4 is 23.3 Å². The number of rotatable bonds is 4. The van der Waals surface area contributed by atoms with Gasteiger partial charge in [-0.15, -0.1) is 10.2 Å². The summed E-state index contributed by atoms with van der Waals surface area (Å²) in [4.78, 5) is 18.2. The van der Waals surface area contributed by atoms with Gasteiger partial charge in [-0.3, -0.25) is 9.69 Å². The van der Waals surface area contributed by atoms with Crippen molar-refractivity contribution in [1.82, 2.24) is 24.6 Å². The Hall–Kier alpha value is -1.99. The largest absolute Gasteiger partial charge is 0.313 e. The number of hydrogen-bond acceptors (Lipinski definition) is 5. The molecule has 116 valence electrons. The third kappa shape index (κ3) is 3.26. The van der Waals surface area contributed by atoms with Crippen LogP contribution >= 0.6 is 11.6 Å². The third-order valence-electron chi connectivity index (χ3n) is 3.59. The lowest BCUT2D eigenvalue weighted by molar-refractivity contribution is -0.117. The highest BCUT2D eigenvalue weighted by molar-refractivity contribution is 6.30. The summed E-state index contributed by atoms with van der Waals surface area (Å²) in [5.74, 6) is 2.33. The van der Waals surface area contributed by atoms with Crippen LogP contribution in [0.25, 0.3) is 0 Å². The summed E-state index contributed by atoms with van der Waals surface area (Å²) in [7, 11) is 0. The number of carbonyl (C=O) groups is 1. The molecule has 2 aromatic heterocycles. The monoisotopic (exact) mass is 320 g/mol. The van der Waals surface area contributed by atoms with Gasteiger partial charge in [-0.25, -0.2) is 4.98 Å². The van der Waals surface area contributed by atoms with Crippen LogP contribution in [0.15, 0.2) is 18.3 Å². The van der Waals surface area contributed by atoms with E-state index in [0.29, 0.717) is 23.9 Å². The van der Waals surface area contributed by atoms with E-state index in [4.69, 9.17) is 11.6 Å². The molecule has 0 aliphatic carbocycles. The molecule has 0 spiro atoms. The Kier molecular flexibility index (Phi) is 4.35. The van der Waals surface area contributed by atoms with Crippen LogP contribution in [0.3, 0.4) is 0 Å².